The normalized spacial score (nSPS) is 29.0. The second-order valence-electron chi connectivity index (χ2n) is 10.0. The lowest BCUT2D eigenvalue weighted by molar-refractivity contribution is -0.143. The fourth-order valence-corrected chi connectivity index (χ4v) is 5.73. The van der Waals surface area contributed by atoms with Gasteiger partial charge in [0, 0.05) is 17.4 Å². The number of carbonyl (C=O) groups excluding carboxylic acids is 1. The van der Waals surface area contributed by atoms with Gasteiger partial charge in [-0.25, -0.2) is 4.39 Å². The Morgan fingerprint density at radius 1 is 0.972 bits per heavy atom. The topological polar surface area (TPSA) is 38.3 Å². The third-order valence-electron chi connectivity index (χ3n) is 7.37. The molecule has 0 aromatic heterocycles. The van der Waals surface area contributed by atoms with E-state index in [0.29, 0.717) is 31.4 Å². The molecule has 0 spiro atoms. The van der Waals surface area contributed by atoms with E-state index in [1.807, 2.05) is 13.8 Å². The van der Waals surface area contributed by atoms with E-state index in [0.717, 1.165) is 5.56 Å². The van der Waals surface area contributed by atoms with E-state index in [1.165, 1.54) is 12.1 Å². The maximum atomic E-state index is 13.6. The van der Waals surface area contributed by atoms with E-state index in [2.05, 4.69) is 5.32 Å². The fourth-order valence-electron chi connectivity index (χ4n) is 5.73. The number of hydrogen-bond donors (Lipinski definition) is 1. The van der Waals surface area contributed by atoms with Gasteiger partial charge in [-0.15, -0.1) is 0 Å². The molecule has 0 unspecified atom stereocenters. The van der Waals surface area contributed by atoms with Gasteiger partial charge in [-0.2, -0.15) is 26.3 Å². The van der Waals surface area contributed by atoms with E-state index >= 15 is 0 Å². The summed E-state index contributed by atoms with van der Waals surface area (Å²) in [6, 6.07) is 7.20. The van der Waals surface area contributed by atoms with E-state index in [-0.39, 0.29) is 35.3 Å². The lowest BCUT2D eigenvalue weighted by Gasteiger charge is -2.37. The van der Waals surface area contributed by atoms with Gasteiger partial charge in [-0.1, -0.05) is 19.1 Å². The lowest BCUT2D eigenvalue weighted by Crippen LogP contribution is -2.47. The number of ether oxygens (including phenoxy) is 1. The molecule has 196 valence electrons. The first-order chi connectivity index (χ1) is 16.7. The van der Waals surface area contributed by atoms with E-state index in [1.54, 1.807) is 12.1 Å². The molecule has 2 fully saturated rings. The number of alkyl halides is 6. The van der Waals surface area contributed by atoms with Crippen LogP contribution in [0.2, 0.25) is 0 Å². The summed E-state index contributed by atoms with van der Waals surface area (Å²) in [5.41, 5.74) is -2.88. The van der Waals surface area contributed by atoms with Crippen LogP contribution >= 0.6 is 0 Å². The number of benzene rings is 2. The standard InChI is InChI=1S/C26H26F7NO2/c1-14-12-24(2,34-23(14)35)20-7-8-21(22(20)16-3-5-19(27)6-4-16)36-13-15-9-17(25(28,29)30)11-18(10-15)26(31,32)33/h3-6,9-11,14,20-22H,7-8,12-13H2,1-2H3,(H,34,35)/t14-,20-,21+,22+,24+/m1/s1. The number of rotatable bonds is 5. The molecule has 2 aromatic carbocycles. The average Bonchev–Trinajstić information content (AvgIpc) is 3.32. The predicted molar refractivity (Wildman–Crippen MR) is 117 cm³/mol. The molecule has 5 atom stereocenters. The number of halogens is 7. The highest BCUT2D eigenvalue weighted by Gasteiger charge is 2.52. The van der Waals surface area contributed by atoms with Gasteiger partial charge in [-0.05, 0) is 73.6 Å². The maximum absolute atomic E-state index is 13.6. The number of amides is 1. The van der Waals surface area contributed by atoms with Crippen LogP contribution in [0.25, 0.3) is 0 Å². The molecule has 10 heteroatoms. The molecule has 2 aromatic rings. The van der Waals surface area contributed by atoms with Crippen LogP contribution in [-0.4, -0.2) is 17.6 Å². The summed E-state index contributed by atoms with van der Waals surface area (Å²) >= 11 is 0. The van der Waals surface area contributed by atoms with E-state index in [4.69, 9.17) is 4.74 Å². The van der Waals surface area contributed by atoms with Gasteiger partial charge in [0.1, 0.15) is 5.82 Å². The van der Waals surface area contributed by atoms with Crippen LogP contribution in [0.4, 0.5) is 30.7 Å². The molecule has 1 aliphatic carbocycles. The average molecular weight is 517 g/mol. The Hall–Kier alpha value is -2.62. The van der Waals surface area contributed by atoms with Crippen molar-refractivity contribution in [2.75, 3.05) is 0 Å². The summed E-state index contributed by atoms with van der Waals surface area (Å²) < 4.78 is 99.1. The molecule has 1 amide bonds. The molecule has 1 N–H and O–H groups in total. The minimum Gasteiger partial charge on any atom is -0.373 e. The first kappa shape index (κ1) is 26.4. The largest absolute Gasteiger partial charge is 0.416 e. The molecule has 1 aliphatic heterocycles. The van der Waals surface area contributed by atoms with Gasteiger partial charge in [-0.3, -0.25) is 4.79 Å². The van der Waals surface area contributed by atoms with Gasteiger partial charge in [0.15, 0.2) is 0 Å². The maximum Gasteiger partial charge on any atom is 0.416 e. The van der Waals surface area contributed by atoms with Crippen molar-refractivity contribution in [1.82, 2.24) is 5.32 Å². The first-order valence-corrected chi connectivity index (χ1v) is 11.6. The molecule has 36 heavy (non-hydrogen) atoms. The zero-order valence-corrected chi connectivity index (χ0v) is 19.6. The summed E-state index contributed by atoms with van der Waals surface area (Å²) in [7, 11) is 0. The molecule has 0 radical (unpaired) electrons. The molecule has 3 nitrogen and oxygen atoms in total. The predicted octanol–water partition coefficient (Wildman–Crippen LogP) is 6.86. The quantitative estimate of drug-likeness (QED) is 0.441. The van der Waals surface area contributed by atoms with Crippen molar-refractivity contribution in [1.29, 1.82) is 0 Å². The third-order valence-corrected chi connectivity index (χ3v) is 7.37. The van der Waals surface area contributed by atoms with Crippen LogP contribution < -0.4 is 5.32 Å². The Kier molecular flexibility index (Phi) is 6.87. The second kappa shape index (κ2) is 9.36. The highest BCUT2D eigenvalue weighted by atomic mass is 19.4. The van der Waals surface area contributed by atoms with Crippen LogP contribution in [0.1, 0.15) is 61.3 Å². The Labute approximate surface area is 204 Å². The number of hydrogen-bond acceptors (Lipinski definition) is 2. The smallest absolute Gasteiger partial charge is 0.373 e. The van der Waals surface area contributed by atoms with Crippen LogP contribution in [-0.2, 0) is 28.5 Å². The van der Waals surface area contributed by atoms with Crippen molar-refractivity contribution in [3.63, 3.8) is 0 Å². The monoisotopic (exact) mass is 517 g/mol. The SMILES string of the molecule is C[C@@H]1C[C@@](C)([C@@H]2CC[C@H](OCc3cc(C(F)(F)F)cc(C(F)(F)F)c3)[C@H]2c2ccc(F)cc2)NC1=O. The van der Waals surface area contributed by atoms with Crippen molar-refractivity contribution in [2.45, 2.75) is 69.6 Å². The minimum atomic E-state index is -4.95. The number of carbonyl (C=O) groups is 1. The van der Waals surface area contributed by atoms with Crippen molar-refractivity contribution in [2.24, 2.45) is 11.8 Å². The van der Waals surface area contributed by atoms with Gasteiger partial charge in [0.2, 0.25) is 5.91 Å². The molecule has 2 aliphatic rings. The summed E-state index contributed by atoms with van der Waals surface area (Å²) in [5, 5.41) is 3.06. The zero-order chi connectivity index (χ0) is 26.5. The Bertz CT molecular complexity index is 1080. The van der Waals surface area contributed by atoms with Gasteiger partial charge in [0.25, 0.3) is 0 Å². The Morgan fingerprint density at radius 2 is 1.56 bits per heavy atom. The third kappa shape index (κ3) is 5.38. The van der Waals surface area contributed by atoms with Gasteiger partial charge >= 0.3 is 12.4 Å². The summed E-state index contributed by atoms with van der Waals surface area (Å²) in [4.78, 5) is 12.3. The Morgan fingerprint density at radius 3 is 2.06 bits per heavy atom. The summed E-state index contributed by atoms with van der Waals surface area (Å²) in [5.74, 6) is -1.18. The Balaban J connectivity index is 1.63. The minimum absolute atomic E-state index is 0.0802. The first-order valence-electron chi connectivity index (χ1n) is 11.6. The second-order valence-corrected chi connectivity index (χ2v) is 10.0. The van der Waals surface area contributed by atoms with Crippen LogP contribution in [0.3, 0.4) is 0 Å². The lowest BCUT2D eigenvalue weighted by atomic mass is 9.73. The van der Waals surface area contributed by atoms with Gasteiger partial charge < -0.3 is 10.1 Å². The molecule has 4 rings (SSSR count). The number of nitrogens with one attached hydrogen (secondary N) is 1. The fraction of sp³-hybridized carbons (Fsp3) is 0.500. The van der Waals surface area contributed by atoms with Crippen molar-refractivity contribution in [3.8, 4) is 0 Å². The van der Waals surface area contributed by atoms with Crippen LogP contribution in [0.15, 0.2) is 42.5 Å². The molecule has 0 bridgehead atoms. The van der Waals surface area contributed by atoms with Crippen molar-refractivity contribution in [3.05, 3.63) is 70.5 Å². The van der Waals surface area contributed by atoms with Crippen LogP contribution in [0, 0.1) is 17.7 Å². The molecular formula is C26H26F7NO2. The van der Waals surface area contributed by atoms with Crippen molar-refractivity contribution < 1.29 is 40.3 Å². The van der Waals surface area contributed by atoms with Crippen molar-refractivity contribution >= 4 is 5.91 Å². The molecule has 1 saturated heterocycles. The summed E-state index contributed by atoms with van der Waals surface area (Å²) in [6.07, 6.45) is -8.77. The van der Waals surface area contributed by atoms with E-state index in [9.17, 15) is 35.5 Å². The molecule has 1 heterocycles. The van der Waals surface area contributed by atoms with Gasteiger partial charge in [0.05, 0.1) is 23.8 Å². The highest BCUT2D eigenvalue weighted by Crippen LogP contribution is 2.50. The summed E-state index contributed by atoms with van der Waals surface area (Å²) in [6.45, 7) is 3.30. The van der Waals surface area contributed by atoms with Crippen LogP contribution in [0.5, 0.6) is 0 Å². The zero-order valence-electron chi connectivity index (χ0n) is 19.6. The highest BCUT2D eigenvalue weighted by molar-refractivity contribution is 5.81. The van der Waals surface area contributed by atoms with E-state index < -0.39 is 47.5 Å². The molecular weight excluding hydrogens is 491 g/mol. The molecule has 1 saturated carbocycles.